The topological polar surface area (TPSA) is 87.8 Å². The average Bonchev–Trinajstić information content (AvgIpc) is 2.17. The first-order chi connectivity index (χ1) is 7.02. The third-order valence-electron chi connectivity index (χ3n) is 1.94. The lowest BCUT2D eigenvalue weighted by Crippen LogP contribution is -2.39. The van der Waals surface area contributed by atoms with Crippen LogP contribution in [-0.2, 0) is 4.79 Å². The van der Waals surface area contributed by atoms with Crippen LogP contribution in [0.15, 0.2) is 17.4 Å². The second-order valence-electron chi connectivity index (χ2n) is 3.45. The molecule has 86 valence electrons. The molecule has 1 amide bonds. The first-order valence-electron chi connectivity index (χ1n) is 4.74. The van der Waals surface area contributed by atoms with E-state index >= 15 is 0 Å². The summed E-state index contributed by atoms with van der Waals surface area (Å²) in [5.74, 6) is -0.293. The van der Waals surface area contributed by atoms with E-state index in [0.29, 0.717) is 0 Å². The number of rotatable bonds is 5. The van der Waals surface area contributed by atoms with Crippen LogP contribution in [0.5, 0.6) is 0 Å². The minimum absolute atomic E-state index is 0.0238. The number of nitrogens with one attached hydrogen (secondary N) is 1. The van der Waals surface area contributed by atoms with Crippen molar-refractivity contribution in [2.45, 2.75) is 26.8 Å². The van der Waals surface area contributed by atoms with Crippen LogP contribution in [-0.4, -0.2) is 28.6 Å². The molecule has 0 aromatic heterocycles. The average molecular weight is 215 g/mol. The van der Waals surface area contributed by atoms with Crippen LogP contribution >= 0.6 is 0 Å². The molecule has 0 aromatic rings. The molecule has 0 rings (SSSR count). The van der Waals surface area contributed by atoms with Gasteiger partial charge in [0, 0.05) is 5.92 Å². The van der Waals surface area contributed by atoms with E-state index in [9.17, 15) is 10.0 Å². The van der Waals surface area contributed by atoms with E-state index < -0.39 is 6.04 Å². The number of hydroxylamine groups is 1. The molecule has 0 saturated heterocycles. The van der Waals surface area contributed by atoms with Gasteiger partial charge >= 0.3 is 0 Å². The number of nitrogens with zero attached hydrogens (tertiary/aromatic N) is 2. The molecule has 6 nitrogen and oxygen atoms in total. The van der Waals surface area contributed by atoms with Gasteiger partial charge in [-0.3, -0.25) is 4.79 Å². The molecule has 6 heteroatoms. The summed E-state index contributed by atoms with van der Waals surface area (Å²) in [6, 6.07) is -0.566. The molecule has 2 N–H and O–H groups in total. The minimum Gasteiger partial charge on any atom is -0.597 e. The van der Waals surface area contributed by atoms with E-state index in [-0.39, 0.29) is 23.2 Å². The van der Waals surface area contributed by atoms with Crippen molar-refractivity contribution in [1.29, 1.82) is 0 Å². The lowest BCUT2D eigenvalue weighted by molar-refractivity contribution is -0.596. The summed E-state index contributed by atoms with van der Waals surface area (Å²) in [6.45, 7) is 5.49. The second-order valence-corrected chi connectivity index (χ2v) is 3.45. The van der Waals surface area contributed by atoms with E-state index in [1.165, 1.54) is 6.08 Å². The van der Waals surface area contributed by atoms with Crippen LogP contribution in [0.25, 0.3) is 0 Å². The van der Waals surface area contributed by atoms with Gasteiger partial charge in [0.1, 0.15) is 0 Å². The third kappa shape index (κ3) is 4.99. The molecule has 0 aliphatic heterocycles. The van der Waals surface area contributed by atoms with Crippen molar-refractivity contribution in [2.24, 2.45) is 11.2 Å². The zero-order valence-corrected chi connectivity index (χ0v) is 9.17. The summed E-state index contributed by atoms with van der Waals surface area (Å²) >= 11 is 0. The van der Waals surface area contributed by atoms with Crippen LogP contribution in [0.3, 0.4) is 0 Å². The maximum absolute atomic E-state index is 11.1. The van der Waals surface area contributed by atoms with Gasteiger partial charge in [-0.1, -0.05) is 24.8 Å². The Morgan fingerprint density at radius 2 is 2.27 bits per heavy atom. The second kappa shape index (κ2) is 6.80. The highest BCUT2D eigenvalue weighted by molar-refractivity contribution is 5.87. The van der Waals surface area contributed by atoms with Crippen molar-refractivity contribution in [1.82, 2.24) is 5.32 Å². The highest BCUT2D eigenvalue weighted by Gasteiger charge is 2.23. The van der Waals surface area contributed by atoms with Gasteiger partial charge in [-0.15, -0.1) is 0 Å². The molecule has 0 aliphatic rings. The number of carbonyl (C=O) groups is 1. The first-order valence-corrected chi connectivity index (χ1v) is 4.74. The molecule has 1 atom stereocenters. The van der Waals surface area contributed by atoms with Gasteiger partial charge in [-0.05, 0) is 13.0 Å². The lowest BCUT2D eigenvalue weighted by Gasteiger charge is -2.16. The number of hydrogen-bond acceptors (Lipinski definition) is 3. The SMILES string of the molecule is CC=CC(=O)NCC(C(C)C)[N+]([O-])=NO. The standard InChI is InChI=1S/C9H17N3O3/c1-4-5-9(13)10-6-8(7(2)3)12(15)11-14/h4-5,7-8,14H,6H2,1-3H3,(H,10,13). The van der Waals surface area contributed by atoms with E-state index in [0.717, 1.165) is 0 Å². The quantitative estimate of drug-likeness (QED) is 0.311. The zero-order valence-electron chi connectivity index (χ0n) is 9.17. The zero-order chi connectivity index (χ0) is 11.8. The number of allylic oxidation sites excluding steroid dienone is 1. The molecule has 0 aliphatic carbocycles. The largest absolute Gasteiger partial charge is 0.597 e. The summed E-state index contributed by atoms with van der Waals surface area (Å²) in [4.78, 5) is 11.3. The summed E-state index contributed by atoms with van der Waals surface area (Å²) in [6.07, 6.45) is 2.97. The molecular formula is C9H17N3O3. The predicted octanol–water partition coefficient (Wildman–Crippen LogP) is 1.05. The van der Waals surface area contributed by atoms with Crippen LogP contribution in [0.2, 0.25) is 0 Å². The summed E-state index contributed by atoms with van der Waals surface area (Å²) in [5.41, 5.74) is 0. The molecule has 0 aromatic carbocycles. The molecule has 0 heterocycles. The van der Waals surface area contributed by atoms with Crippen LogP contribution in [0, 0.1) is 11.1 Å². The Bertz CT molecular complexity index is 261. The molecule has 1 unspecified atom stereocenters. The van der Waals surface area contributed by atoms with E-state index in [2.05, 4.69) is 10.6 Å². The molecule has 0 saturated carbocycles. The van der Waals surface area contributed by atoms with Gasteiger partial charge in [0.05, 0.1) is 6.54 Å². The predicted molar refractivity (Wildman–Crippen MR) is 54.3 cm³/mol. The van der Waals surface area contributed by atoms with Crippen molar-refractivity contribution in [3.05, 3.63) is 17.4 Å². The third-order valence-corrected chi connectivity index (χ3v) is 1.94. The van der Waals surface area contributed by atoms with Gasteiger partial charge < -0.3 is 15.7 Å². The Kier molecular flexibility index (Phi) is 6.08. The summed E-state index contributed by atoms with van der Waals surface area (Å²) in [7, 11) is 0. The van der Waals surface area contributed by atoms with Crippen LogP contribution < -0.4 is 5.32 Å². The highest BCUT2D eigenvalue weighted by atomic mass is 16.6. The maximum Gasteiger partial charge on any atom is 0.243 e. The maximum atomic E-state index is 11.1. The summed E-state index contributed by atoms with van der Waals surface area (Å²) < 4.78 is 0. The Morgan fingerprint density at radius 3 is 2.67 bits per heavy atom. The molecular weight excluding hydrogens is 198 g/mol. The monoisotopic (exact) mass is 215 g/mol. The first kappa shape index (κ1) is 13.4. The van der Waals surface area contributed by atoms with Gasteiger partial charge in [-0.2, -0.15) is 0 Å². The van der Waals surface area contributed by atoms with Crippen LogP contribution in [0.4, 0.5) is 0 Å². The Hall–Kier alpha value is -1.59. The van der Waals surface area contributed by atoms with Gasteiger partial charge in [-0.25, -0.2) is 0 Å². The fourth-order valence-electron chi connectivity index (χ4n) is 1.05. The van der Waals surface area contributed by atoms with Crippen molar-refractivity contribution in [3.8, 4) is 0 Å². The molecule has 15 heavy (non-hydrogen) atoms. The van der Waals surface area contributed by atoms with Crippen molar-refractivity contribution in [3.63, 3.8) is 0 Å². The fraction of sp³-hybridized carbons (Fsp3) is 0.667. The normalized spacial score (nSPS) is 14.5. The molecule has 0 radical (unpaired) electrons. The van der Waals surface area contributed by atoms with Gasteiger partial charge in [0.25, 0.3) is 0 Å². The molecule has 0 fully saturated rings. The molecule has 0 bridgehead atoms. The number of amides is 1. The van der Waals surface area contributed by atoms with Gasteiger partial charge in [0.2, 0.25) is 11.9 Å². The summed E-state index contributed by atoms with van der Waals surface area (Å²) in [5, 5.41) is 24.5. The fourth-order valence-corrected chi connectivity index (χ4v) is 1.05. The van der Waals surface area contributed by atoms with E-state index in [1.54, 1.807) is 13.0 Å². The van der Waals surface area contributed by atoms with Crippen LogP contribution in [0.1, 0.15) is 20.8 Å². The Labute approximate surface area is 88.8 Å². The van der Waals surface area contributed by atoms with E-state index in [4.69, 9.17) is 5.21 Å². The van der Waals surface area contributed by atoms with E-state index in [1.807, 2.05) is 13.8 Å². The highest BCUT2D eigenvalue weighted by Crippen LogP contribution is 2.04. The van der Waals surface area contributed by atoms with Crippen molar-refractivity contribution >= 4 is 5.91 Å². The number of carbonyl (C=O) groups excluding carboxylic acids is 1. The molecule has 0 spiro atoms. The Morgan fingerprint density at radius 1 is 1.67 bits per heavy atom. The van der Waals surface area contributed by atoms with Crippen molar-refractivity contribution < 1.29 is 14.9 Å². The number of hydrogen-bond donors (Lipinski definition) is 2. The van der Waals surface area contributed by atoms with Crippen molar-refractivity contribution in [2.75, 3.05) is 6.54 Å². The van der Waals surface area contributed by atoms with Gasteiger partial charge in [0.15, 0.2) is 5.28 Å². The smallest absolute Gasteiger partial charge is 0.243 e. The lowest BCUT2D eigenvalue weighted by atomic mass is 10.1. The minimum atomic E-state index is -0.566. The Balaban J connectivity index is 4.26.